The summed E-state index contributed by atoms with van der Waals surface area (Å²) < 4.78 is 5.56. The Bertz CT molecular complexity index is 519. The molecule has 0 saturated carbocycles. The summed E-state index contributed by atoms with van der Waals surface area (Å²) in [6, 6.07) is 9.81. The molecule has 0 atom stereocenters. The molecule has 0 aliphatic heterocycles. The first-order chi connectivity index (χ1) is 8.15. The minimum atomic E-state index is -0.111. The van der Waals surface area contributed by atoms with E-state index in [9.17, 15) is 4.79 Å². The number of para-hydroxylation sites is 1. The van der Waals surface area contributed by atoms with Gasteiger partial charge in [-0.15, -0.1) is 0 Å². The highest BCUT2D eigenvalue weighted by Crippen LogP contribution is 2.19. The van der Waals surface area contributed by atoms with Gasteiger partial charge in [0.25, 0.3) is 0 Å². The van der Waals surface area contributed by atoms with Gasteiger partial charge in [-0.2, -0.15) is 0 Å². The predicted octanol–water partition coefficient (Wildman–Crippen LogP) is 2.97. The number of carbonyl (C=O) groups is 1. The molecule has 2 aromatic rings. The zero-order valence-corrected chi connectivity index (χ0v) is 9.94. The third kappa shape index (κ3) is 2.97. The lowest BCUT2D eigenvalue weighted by molar-refractivity contribution is -0.116. The zero-order valence-electron chi connectivity index (χ0n) is 9.94. The highest BCUT2D eigenvalue weighted by atomic mass is 16.3. The van der Waals surface area contributed by atoms with Gasteiger partial charge < -0.3 is 9.73 Å². The third-order valence-corrected chi connectivity index (χ3v) is 2.27. The van der Waals surface area contributed by atoms with Crippen LogP contribution < -0.4 is 5.32 Å². The Morgan fingerprint density at radius 2 is 2.12 bits per heavy atom. The molecule has 0 radical (unpaired) electrons. The van der Waals surface area contributed by atoms with E-state index < -0.39 is 0 Å². The van der Waals surface area contributed by atoms with Crippen LogP contribution in [0.15, 0.2) is 40.8 Å². The molecular formula is C14H15NO2. The van der Waals surface area contributed by atoms with E-state index in [0.29, 0.717) is 5.76 Å². The van der Waals surface area contributed by atoms with Crippen LogP contribution in [0.5, 0.6) is 0 Å². The maximum Gasteiger partial charge on any atom is 0.244 e. The lowest BCUT2D eigenvalue weighted by Gasteiger charge is -2.03. The average molecular weight is 229 g/mol. The third-order valence-electron chi connectivity index (χ3n) is 2.27. The summed E-state index contributed by atoms with van der Waals surface area (Å²) in [5, 5.41) is 3.82. The number of furan rings is 1. The van der Waals surface area contributed by atoms with Crippen LogP contribution in [0.2, 0.25) is 0 Å². The topological polar surface area (TPSA) is 42.2 Å². The van der Waals surface area contributed by atoms with Gasteiger partial charge in [-0.25, -0.2) is 0 Å². The van der Waals surface area contributed by atoms with Crippen LogP contribution in [-0.2, 0) is 4.79 Å². The van der Waals surface area contributed by atoms with Crippen LogP contribution in [-0.4, -0.2) is 11.9 Å². The van der Waals surface area contributed by atoms with Crippen molar-refractivity contribution in [1.82, 2.24) is 5.32 Å². The van der Waals surface area contributed by atoms with Gasteiger partial charge >= 0.3 is 0 Å². The maximum absolute atomic E-state index is 11.4. The van der Waals surface area contributed by atoms with E-state index in [2.05, 4.69) is 5.32 Å². The van der Waals surface area contributed by atoms with E-state index in [1.165, 1.54) is 6.08 Å². The molecule has 88 valence electrons. The second-order valence-corrected chi connectivity index (χ2v) is 4.18. The first kappa shape index (κ1) is 11.5. The predicted molar refractivity (Wildman–Crippen MR) is 68.5 cm³/mol. The van der Waals surface area contributed by atoms with Crippen LogP contribution >= 0.6 is 0 Å². The van der Waals surface area contributed by atoms with E-state index in [0.717, 1.165) is 11.0 Å². The normalized spacial score (nSPS) is 11.5. The van der Waals surface area contributed by atoms with Gasteiger partial charge in [-0.3, -0.25) is 4.79 Å². The summed E-state index contributed by atoms with van der Waals surface area (Å²) in [4.78, 5) is 11.4. The molecule has 2 rings (SSSR count). The molecule has 3 nitrogen and oxygen atoms in total. The van der Waals surface area contributed by atoms with Crippen molar-refractivity contribution in [3.05, 3.63) is 42.2 Å². The molecule has 3 heteroatoms. The van der Waals surface area contributed by atoms with E-state index in [1.807, 2.05) is 44.2 Å². The second-order valence-electron chi connectivity index (χ2n) is 4.18. The number of nitrogens with one attached hydrogen (secondary N) is 1. The number of amides is 1. The molecule has 1 heterocycles. The Morgan fingerprint density at radius 1 is 1.35 bits per heavy atom. The fraction of sp³-hybridized carbons (Fsp3) is 0.214. The Labute approximate surface area is 100 Å². The van der Waals surface area contributed by atoms with Crippen LogP contribution in [0.4, 0.5) is 0 Å². The lowest BCUT2D eigenvalue weighted by atomic mass is 10.2. The van der Waals surface area contributed by atoms with Gasteiger partial charge in [0.05, 0.1) is 0 Å². The number of hydrogen-bond donors (Lipinski definition) is 1. The minimum Gasteiger partial charge on any atom is -0.457 e. The number of hydrogen-bond acceptors (Lipinski definition) is 2. The summed E-state index contributed by atoms with van der Waals surface area (Å²) in [5.74, 6) is 0.575. The minimum absolute atomic E-state index is 0.111. The summed E-state index contributed by atoms with van der Waals surface area (Å²) in [7, 11) is 0. The summed E-state index contributed by atoms with van der Waals surface area (Å²) in [5.41, 5.74) is 0.830. The van der Waals surface area contributed by atoms with E-state index in [1.54, 1.807) is 6.08 Å². The largest absolute Gasteiger partial charge is 0.457 e. The molecule has 1 N–H and O–H groups in total. The van der Waals surface area contributed by atoms with Crippen molar-refractivity contribution >= 4 is 23.0 Å². The lowest BCUT2D eigenvalue weighted by Crippen LogP contribution is -2.28. The Hall–Kier alpha value is -2.03. The highest BCUT2D eigenvalue weighted by molar-refractivity contribution is 5.92. The van der Waals surface area contributed by atoms with Crippen LogP contribution in [0.1, 0.15) is 19.6 Å². The molecular weight excluding hydrogens is 214 g/mol. The van der Waals surface area contributed by atoms with E-state index in [4.69, 9.17) is 4.42 Å². The number of carbonyl (C=O) groups excluding carboxylic acids is 1. The van der Waals surface area contributed by atoms with Gasteiger partial charge in [-0.1, -0.05) is 18.2 Å². The fourth-order valence-electron chi connectivity index (χ4n) is 1.57. The molecule has 17 heavy (non-hydrogen) atoms. The van der Waals surface area contributed by atoms with Crippen molar-refractivity contribution in [2.45, 2.75) is 19.9 Å². The first-order valence-corrected chi connectivity index (χ1v) is 5.62. The molecule has 0 fully saturated rings. The van der Waals surface area contributed by atoms with Crippen molar-refractivity contribution in [1.29, 1.82) is 0 Å². The molecule has 0 unspecified atom stereocenters. The number of benzene rings is 1. The van der Waals surface area contributed by atoms with Crippen LogP contribution in [0, 0.1) is 0 Å². The molecule has 1 aromatic carbocycles. The fourth-order valence-corrected chi connectivity index (χ4v) is 1.57. The molecule has 1 amide bonds. The van der Waals surface area contributed by atoms with Gasteiger partial charge in [0.15, 0.2) is 0 Å². The molecule has 0 spiro atoms. The van der Waals surface area contributed by atoms with Gasteiger partial charge in [-0.05, 0) is 32.1 Å². The molecule has 0 aliphatic carbocycles. The van der Waals surface area contributed by atoms with Crippen molar-refractivity contribution in [2.75, 3.05) is 0 Å². The maximum atomic E-state index is 11.4. The monoisotopic (exact) mass is 229 g/mol. The Morgan fingerprint density at radius 3 is 2.82 bits per heavy atom. The zero-order chi connectivity index (χ0) is 12.3. The number of fused-ring (bicyclic) bond motifs is 1. The quantitative estimate of drug-likeness (QED) is 0.822. The standard InChI is InChI=1S/C14H15NO2/c1-10(2)15-14(16)8-7-12-9-11-5-3-4-6-13(11)17-12/h3-10H,1-2H3,(H,15,16)/b8-7+. The molecule has 0 bridgehead atoms. The van der Waals surface area contributed by atoms with Crippen LogP contribution in [0.3, 0.4) is 0 Å². The molecule has 1 aromatic heterocycles. The van der Waals surface area contributed by atoms with E-state index in [-0.39, 0.29) is 11.9 Å². The SMILES string of the molecule is CC(C)NC(=O)/C=C/c1cc2ccccc2o1. The van der Waals surface area contributed by atoms with Gasteiger partial charge in [0.1, 0.15) is 11.3 Å². The average Bonchev–Trinajstić information content (AvgIpc) is 2.68. The van der Waals surface area contributed by atoms with Crippen molar-refractivity contribution < 1.29 is 9.21 Å². The van der Waals surface area contributed by atoms with E-state index >= 15 is 0 Å². The van der Waals surface area contributed by atoms with Gasteiger partial charge in [0, 0.05) is 17.5 Å². The Kier molecular flexibility index (Phi) is 3.28. The summed E-state index contributed by atoms with van der Waals surface area (Å²) in [6.07, 6.45) is 3.16. The van der Waals surface area contributed by atoms with Crippen LogP contribution in [0.25, 0.3) is 17.0 Å². The highest BCUT2D eigenvalue weighted by Gasteiger charge is 2.01. The first-order valence-electron chi connectivity index (χ1n) is 5.62. The summed E-state index contributed by atoms with van der Waals surface area (Å²) in [6.45, 7) is 3.85. The molecule has 0 saturated heterocycles. The molecule has 0 aliphatic rings. The second kappa shape index (κ2) is 4.87. The summed E-state index contributed by atoms with van der Waals surface area (Å²) >= 11 is 0. The smallest absolute Gasteiger partial charge is 0.244 e. The number of rotatable bonds is 3. The Balaban J connectivity index is 2.13. The van der Waals surface area contributed by atoms with Crippen molar-refractivity contribution in [2.24, 2.45) is 0 Å². The van der Waals surface area contributed by atoms with Crippen molar-refractivity contribution in [3.8, 4) is 0 Å². The van der Waals surface area contributed by atoms with Gasteiger partial charge in [0.2, 0.25) is 5.91 Å². The van der Waals surface area contributed by atoms with Crippen molar-refractivity contribution in [3.63, 3.8) is 0 Å².